The van der Waals surface area contributed by atoms with Crippen LogP contribution in [0.5, 0.6) is 0 Å². The standard InChI is InChI=1S/C45H29N3O/c1-3-12-30(13-4-1)32-24-26-33(27-25-32)43-46-44(48-45(47-43)39-21-11-23-41-42(39)38-20-7-8-22-40(38)49-41)37-19-10-18-36(29-37)35-17-9-16-34(28-35)31-14-5-2-6-15-31/h1-29H. The molecule has 0 fully saturated rings. The number of rotatable bonds is 6. The Labute approximate surface area is 284 Å². The topological polar surface area (TPSA) is 51.8 Å². The lowest BCUT2D eigenvalue weighted by Gasteiger charge is -2.11. The molecule has 2 aromatic heterocycles. The molecule has 7 aromatic carbocycles. The van der Waals surface area contributed by atoms with Gasteiger partial charge in [-0.25, -0.2) is 15.0 Å². The smallest absolute Gasteiger partial charge is 0.164 e. The van der Waals surface area contributed by atoms with E-state index in [-0.39, 0.29) is 0 Å². The maximum absolute atomic E-state index is 6.23. The summed E-state index contributed by atoms with van der Waals surface area (Å²) < 4.78 is 6.23. The Morgan fingerprint density at radius 3 is 1.47 bits per heavy atom. The Morgan fingerprint density at radius 1 is 0.306 bits per heavy atom. The Kier molecular flexibility index (Phi) is 7.10. The third-order valence-electron chi connectivity index (χ3n) is 8.95. The maximum atomic E-state index is 6.23. The SMILES string of the molecule is c1ccc(-c2ccc(-c3nc(-c4cccc(-c5cccc(-c6ccccc6)c5)c4)nc(-c4cccc5oc6ccccc6c45)n3)cc2)cc1. The molecule has 0 aliphatic rings. The van der Waals surface area contributed by atoms with Gasteiger partial charge in [-0.2, -0.15) is 0 Å². The molecule has 0 bridgehead atoms. The normalized spacial score (nSPS) is 11.3. The Morgan fingerprint density at radius 2 is 0.755 bits per heavy atom. The average Bonchev–Trinajstić information content (AvgIpc) is 3.58. The van der Waals surface area contributed by atoms with Gasteiger partial charge in [0, 0.05) is 27.5 Å². The van der Waals surface area contributed by atoms with Gasteiger partial charge in [-0.05, 0) is 57.6 Å². The van der Waals surface area contributed by atoms with Crippen LogP contribution in [-0.4, -0.2) is 15.0 Å². The Hall–Kier alpha value is -6.65. The third-order valence-corrected chi connectivity index (χ3v) is 8.95. The minimum atomic E-state index is 0.598. The van der Waals surface area contributed by atoms with Gasteiger partial charge in [0.15, 0.2) is 17.5 Å². The molecule has 2 heterocycles. The van der Waals surface area contributed by atoms with Gasteiger partial charge in [0.2, 0.25) is 0 Å². The van der Waals surface area contributed by atoms with Crippen LogP contribution >= 0.6 is 0 Å². The van der Waals surface area contributed by atoms with Crippen LogP contribution in [0, 0.1) is 0 Å². The highest BCUT2D eigenvalue weighted by atomic mass is 16.3. The predicted octanol–water partition coefficient (Wildman–Crippen LogP) is 11.8. The van der Waals surface area contributed by atoms with Crippen LogP contribution in [0.1, 0.15) is 0 Å². The van der Waals surface area contributed by atoms with Crippen LogP contribution in [0.4, 0.5) is 0 Å². The van der Waals surface area contributed by atoms with Crippen LogP contribution in [0.2, 0.25) is 0 Å². The van der Waals surface area contributed by atoms with Crippen molar-refractivity contribution in [2.45, 2.75) is 0 Å². The molecule has 0 unspecified atom stereocenters. The zero-order valence-corrected chi connectivity index (χ0v) is 26.5. The molecule has 0 N–H and O–H groups in total. The quantitative estimate of drug-likeness (QED) is 0.184. The first-order valence-corrected chi connectivity index (χ1v) is 16.4. The van der Waals surface area contributed by atoms with Gasteiger partial charge in [0.1, 0.15) is 11.2 Å². The van der Waals surface area contributed by atoms with E-state index in [0.717, 1.165) is 60.9 Å². The van der Waals surface area contributed by atoms with Crippen molar-refractivity contribution < 1.29 is 4.42 Å². The van der Waals surface area contributed by atoms with Crippen molar-refractivity contribution in [1.82, 2.24) is 15.0 Å². The molecule has 9 aromatic rings. The van der Waals surface area contributed by atoms with Crippen molar-refractivity contribution in [2.75, 3.05) is 0 Å². The van der Waals surface area contributed by atoms with E-state index in [0.29, 0.717) is 17.5 Å². The van der Waals surface area contributed by atoms with Crippen LogP contribution in [-0.2, 0) is 0 Å². The monoisotopic (exact) mass is 627 g/mol. The van der Waals surface area contributed by atoms with E-state index in [1.807, 2.05) is 42.5 Å². The number of nitrogens with zero attached hydrogens (tertiary/aromatic N) is 3. The number of aromatic nitrogens is 3. The van der Waals surface area contributed by atoms with E-state index in [1.165, 1.54) is 11.1 Å². The molecule has 0 amide bonds. The zero-order chi connectivity index (χ0) is 32.6. The first-order valence-electron chi connectivity index (χ1n) is 16.4. The summed E-state index contributed by atoms with van der Waals surface area (Å²) in [6.45, 7) is 0. The summed E-state index contributed by atoms with van der Waals surface area (Å²) in [6.07, 6.45) is 0. The van der Waals surface area contributed by atoms with Gasteiger partial charge in [0.05, 0.1) is 0 Å². The number of benzene rings is 7. The summed E-state index contributed by atoms with van der Waals surface area (Å²) in [6, 6.07) is 60.5. The van der Waals surface area contributed by atoms with Crippen molar-refractivity contribution in [1.29, 1.82) is 0 Å². The van der Waals surface area contributed by atoms with Crippen molar-refractivity contribution in [3.63, 3.8) is 0 Å². The second kappa shape index (κ2) is 12.2. The minimum Gasteiger partial charge on any atom is -0.456 e. The Bertz CT molecular complexity index is 2590. The first-order chi connectivity index (χ1) is 24.3. The molecule has 0 saturated carbocycles. The van der Waals surface area contributed by atoms with Crippen molar-refractivity contribution in [2.24, 2.45) is 0 Å². The van der Waals surface area contributed by atoms with Crippen molar-refractivity contribution >= 4 is 21.9 Å². The van der Waals surface area contributed by atoms with E-state index < -0.39 is 0 Å². The predicted molar refractivity (Wildman–Crippen MR) is 200 cm³/mol. The van der Waals surface area contributed by atoms with Gasteiger partial charge >= 0.3 is 0 Å². The van der Waals surface area contributed by atoms with Crippen LogP contribution < -0.4 is 0 Å². The molecular weight excluding hydrogens is 599 g/mol. The van der Waals surface area contributed by atoms with Crippen LogP contribution in [0.15, 0.2) is 180 Å². The molecule has 0 aliphatic heterocycles. The van der Waals surface area contributed by atoms with E-state index in [1.54, 1.807) is 0 Å². The molecule has 0 atom stereocenters. The second-order valence-corrected chi connectivity index (χ2v) is 12.1. The minimum absolute atomic E-state index is 0.598. The molecular formula is C45H29N3O. The molecule has 230 valence electrons. The molecule has 0 aliphatic carbocycles. The summed E-state index contributed by atoms with van der Waals surface area (Å²) in [4.78, 5) is 15.3. The lowest BCUT2D eigenvalue weighted by atomic mass is 9.98. The van der Waals surface area contributed by atoms with Gasteiger partial charge in [-0.3, -0.25) is 0 Å². The van der Waals surface area contributed by atoms with Crippen molar-refractivity contribution in [3.8, 4) is 67.5 Å². The highest BCUT2D eigenvalue weighted by Gasteiger charge is 2.18. The van der Waals surface area contributed by atoms with E-state index >= 15 is 0 Å². The van der Waals surface area contributed by atoms with E-state index in [9.17, 15) is 0 Å². The number of para-hydroxylation sites is 1. The fourth-order valence-electron chi connectivity index (χ4n) is 6.50. The van der Waals surface area contributed by atoms with Gasteiger partial charge in [-0.1, -0.05) is 152 Å². The second-order valence-electron chi connectivity index (χ2n) is 12.1. The molecule has 4 heteroatoms. The summed E-state index contributed by atoms with van der Waals surface area (Å²) in [5.41, 5.74) is 11.3. The average molecular weight is 628 g/mol. The summed E-state index contributed by atoms with van der Waals surface area (Å²) >= 11 is 0. The van der Waals surface area contributed by atoms with E-state index in [2.05, 4.69) is 133 Å². The molecule has 9 rings (SSSR count). The van der Waals surface area contributed by atoms with Crippen molar-refractivity contribution in [3.05, 3.63) is 176 Å². The molecule has 0 saturated heterocycles. The Balaban J connectivity index is 1.20. The van der Waals surface area contributed by atoms with Gasteiger partial charge < -0.3 is 4.42 Å². The lowest BCUT2D eigenvalue weighted by Crippen LogP contribution is -2.00. The third kappa shape index (κ3) is 5.45. The number of hydrogen-bond donors (Lipinski definition) is 0. The van der Waals surface area contributed by atoms with Crippen LogP contribution in [0.3, 0.4) is 0 Å². The summed E-state index contributed by atoms with van der Waals surface area (Å²) in [5, 5.41) is 2.02. The van der Waals surface area contributed by atoms with E-state index in [4.69, 9.17) is 19.4 Å². The molecule has 0 spiro atoms. The highest BCUT2D eigenvalue weighted by Crippen LogP contribution is 2.37. The van der Waals surface area contributed by atoms with Crippen LogP contribution in [0.25, 0.3) is 89.5 Å². The number of hydrogen-bond acceptors (Lipinski definition) is 4. The highest BCUT2D eigenvalue weighted by molar-refractivity contribution is 6.11. The van der Waals surface area contributed by atoms with Gasteiger partial charge in [-0.15, -0.1) is 0 Å². The molecule has 0 radical (unpaired) electrons. The van der Waals surface area contributed by atoms with Gasteiger partial charge in [0.25, 0.3) is 0 Å². The molecule has 49 heavy (non-hydrogen) atoms. The largest absolute Gasteiger partial charge is 0.456 e. The first kappa shape index (κ1) is 28.6. The maximum Gasteiger partial charge on any atom is 0.164 e. The fourth-order valence-corrected chi connectivity index (χ4v) is 6.50. The summed E-state index contributed by atoms with van der Waals surface area (Å²) in [7, 11) is 0. The summed E-state index contributed by atoms with van der Waals surface area (Å²) in [5.74, 6) is 1.82. The zero-order valence-electron chi connectivity index (χ0n) is 26.5. The lowest BCUT2D eigenvalue weighted by molar-refractivity contribution is 0.669. The number of fused-ring (bicyclic) bond motifs is 3. The fraction of sp³-hybridized carbons (Fsp3) is 0. The molecule has 4 nitrogen and oxygen atoms in total. The number of furan rings is 1.